The van der Waals surface area contributed by atoms with Crippen molar-refractivity contribution in [3.8, 4) is 0 Å². The minimum atomic E-state index is -0.128. The molecule has 0 radical (unpaired) electrons. The van der Waals surface area contributed by atoms with E-state index < -0.39 is 0 Å². The first-order valence-electron chi connectivity index (χ1n) is 6.78. The molecule has 0 unspecified atom stereocenters. The summed E-state index contributed by atoms with van der Waals surface area (Å²) in [6, 6.07) is 7.89. The van der Waals surface area contributed by atoms with Crippen molar-refractivity contribution in [2.24, 2.45) is 7.05 Å². The molecule has 0 aliphatic carbocycles. The lowest BCUT2D eigenvalue weighted by Gasteiger charge is -2.18. The van der Waals surface area contributed by atoms with E-state index in [4.69, 9.17) is 0 Å². The Morgan fingerprint density at radius 2 is 2.20 bits per heavy atom. The summed E-state index contributed by atoms with van der Waals surface area (Å²) < 4.78 is 1.60. The Labute approximate surface area is 118 Å². The second kappa shape index (κ2) is 5.09. The highest BCUT2D eigenvalue weighted by atomic mass is 16.2. The van der Waals surface area contributed by atoms with Crippen LogP contribution >= 0.6 is 0 Å². The Morgan fingerprint density at radius 1 is 1.35 bits per heavy atom. The van der Waals surface area contributed by atoms with Crippen LogP contribution in [-0.2, 0) is 20.0 Å². The van der Waals surface area contributed by atoms with E-state index in [-0.39, 0.29) is 5.91 Å². The lowest BCUT2D eigenvalue weighted by molar-refractivity contribution is 0.101. The molecule has 0 saturated heterocycles. The van der Waals surface area contributed by atoms with Gasteiger partial charge in [0.05, 0.1) is 5.69 Å². The summed E-state index contributed by atoms with van der Waals surface area (Å²) >= 11 is 0. The lowest BCUT2D eigenvalue weighted by Crippen LogP contribution is -2.24. The summed E-state index contributed by atoms with van der Waals surface area (Å²) in [6.07, 6.45) is 1.05. The first-order chi connectivity index (χ1) is 9.63. The predicted octanol–water partition coefficient (Wildman–Crippen LogP) is 1.63. The quantitative estimate of drug-likeness (QED) is 0.872. The van der Waals surface area contributed by atoms with Crippen LogP contribution in [0.3, 0.4) is 0 Å². The van der Waals surface area contributed by atoms with Crippen molar-refractivity contribution >= 4 is 11.6 Å². The first-order valence-corrected chi connectivity index (χ1v) is 6.78. The van der Waals surface area contributed by atoms with Crippen LogP contribution in [0, 0.1) is 6.92 Å². The predicted molar refractivity (Wildman–Crippen MR) is 77.8 cm³/mol. The average Bonchev–Trinajstić information content (AvgIpc) is 2.78. The molecule has 20 heavy (non-hydrogen) atoms. The topological polar surface area (TPSA) is 59.0 Å². The molecule has 0 bridgehead atoms. The lowest BCUT2D eigenvalue weighted by atomic mass is 10.0. The van der Waals surface area contributed by atoms with Gasteiger partial charge in [-0.15, -0.1) is 0 Å². The molecule has 3 rings (SSSR count). The fraction of sp³-hybridized carbons (Fsp3) is 0.333. The van der Waals surface area contributed by atoms with Crippen LogP contribution in [0.2, 0.25) is 0 Å². The van der Waals surface area contributed by atoms with E-state index in [0.717, 1.165) is 30.9 Å². The molecule has 1 aromatic heterocycles. The van der Waals surface area contributed by atoms with Gasteiger partial charge in [-0.1, -0.05) is 6.07 Å². The van der Waals surface area contributed by atoms with Crippen LogP contribution in [0.1, 0.15) is 27.3 Å². The van der Waals surface area contributed by atoms with Gasteiger partial charge in [0.2, 0.25) is 0 Å². The molecule has 0 saturated carbocycles. The number of hydrogen-bond acceptors (Lipinski definition) is 3. The van der Waals surface area contributed by atoms with Crippen molar-refractivity contribution < 1.29 is 4.79 Å². The number of hydrogen-bond donors (Lipinski definition) is 2. The molecule has 1 amide bonds. The van der Waals surface area contributed by atoms with Gasteiger partial charge in [-0.05, 0) is 49.2 Å². The Bertz CT molecular complexity index is 660. The number of benzene rings is 1. The molecule has 0 fully saturated rings. The maximum absolute atomic E-state index is 12.2. The van der Waals surface area contributed by atoms with Crippen LogP contribution in [0.25, 0.3) is 0 Å². The monoisotopic (exact) mass is 270 g/mol. The molecule has 5 heteroatoms. The SMILES string of the molecule is Cc1cc(C(=O)Nc2ccc3c(c2)CNCC3)n(C)n1. The van der Waals surface area contributed by atoms with Gasteiger partial charge in [0, 0.05) is 19.3 Å². The summed E-state index contributed by atoms with van der Waals surface area (Å²) in [7, 11) is 1.78. The summed E-state index contributed by atoms with van der Waals surface area (Å²) in [5, 5.41) is 10.5. The van der Waals surface area contributed by atoms with Crippen LogP contribution in [0.5, 0.6) is 0 Å². The standard InChI is InChI=1S/C15H18N4O/c1-10-7-14(19(2)18-10)15(20)17-13-4-3-11-5-6-16-9-12(11)8-13/h3-4,7-8,16H,5-6,9H2,1-2H3,(H,17,20). The fourth-order valence-electron chi connectivity index (χ4n) is 2.58. The van der Waals surface area contributed by atoms with Crippen molar-refractivity contribution in [1.29, 1.82) is 0 Å². The molecule has 0 spiro atoms. The number of nitrogens with zero attached hydrogens (tertiary/aromatic N) is 2. The van der Waals surface area contributed by atoms with E-state index in [1.807, 2.05) is 19.1 Å². The summed E-state index contributed by atoms with van der Waals surface area (Å²) in [5.41, 5.74) is 4.86. The van der Waals surface area contributed by atoms with E-state index in [1.165, 1.54) is 11.1 Å². The first kappa shape index (κ1) is 12.9. The van der Waals surface area contributed by atoms with Gasteiger partial charge in [-0.2, -0.15) is 5.10 Å². The van der Waals surface area contributed by atoms with Gasteiger partial charge in [-0.25, -0.2) is 0 Å². The number of carbonyl (C=O) groups excluding carboxylic acids is 1. The maximum Gasteiger partial charge on any atom is 0.273 e. The Balaban J connectivity index is 1.81. The number of carbonyl (C=O) groups is 1. The fourth-order valence-corrected chi connectivity index (χ4v) is 2.58. The molecule has 1 aliphatic rings. The normalized spacial score (nSPS) is 13.9. The van der Waals surface area contributed by atoms with Gasteiger partial charge in [0.25, 0.3) is 5.91 Å². The van der Waals surface area contributed by atoms with E-state index in [1.54, 1.807) is 17.8 Å². The highest BCUT2D eigenvalue weighted by Crippen LogP contribution is 2.19. The molecule has 5 nitrogen and oxygen atoms in total. The molecule has 1 aliphatic heterocycles. The van der Waals surface area contributed by atoms with Crippen molar-refractivity contribution in [2.75, 3.05) is 11.9 Å². The van der Waals surface area contributed by atoms with Crippen LogP contribution in [0.4, 0.5) is 5.69 Å². The molecular formula is C15H18N4O. The summed E-state index contributed by atoms with van der Waals surface area (Å²) in [6.45, 7) is 3.76. The zero-order valence-corrected chi connectivity index (χ0v) is 11.7. The summed E-state index contributed by atoms with van der Waals surface area (Å²) in [5.74, 6) is -0.128. The second-order valence-electron chi connectivity index (χ2n) is 5.16. The Morgan fingerprint density at radius 3 is 2.95 bits per heavy atom. The van der Waals surface area contributed by atoms with Crippen molar-refractivity contribution in [2.45, 2.75) is 19.9 Å². The third-order valence-electron chi connectivity index (χ3n) is 3.59. The smallest absolute Gasteiger partial charge is 0.273 e. The molecule has 1 aromatic carbocycles. The number of fused-ring (bicyclic) bond motifs is 1. The third-order valence-corrected chi connectivity index (χ3v) is 3.59. The number of anilines is 1. The molecule has 2 heterocycles. The van der Waals surface area contributed by atoms with Gasteiger partial charge in [0.15, 0.2) is 0 Å². The largest absolute Gasteiger partial charge is 0.321 e. The van der Waals surface area contributed by atoms with Crippen molar-refractivity contribution in [3.05, 3.63) is 46.8 Å². The van der Waals surface area contributed by atoms with E-state index >= 15 is 0 Å². The maximum atomic E-state index is 12.2. The molecular weight excluding hydrogens is 252 g/mol. The second-order valence-corrected chi connectivity index (χ2v) is 5.16. The van der Waals surface area contributed by atoms with Gasteiger partial charge < -0.3 is 10.6 Å². The minimum absolute atomic E-state index is 0.128. The summed E-state index contributed by atoms with van der Waals surface area (Å²) in [4.78, 5) is 12.2. The number of rotatable bonds is 2. The van der Waals surface area contributed by atoms with Crippen LogP contribution < -0.4 is 10.6 Å². The van der Waals surface area contributed by atoms with E-state index in [0.29, 0.717) is 5.69 Å². The van der Waals surface area contributed by atoms with Gasteiger partial charge in [-0.3, -0.25) is 9.48 Å². The average molecular weight is 270 g/mol. The highest BCUT2D eigenvalue weighted by Gasteiger charge is 2.14. The Kier molecular flexibility index (Phi) is 3.28. The minimum Gasteiger partial charge on any atom is -0.321 e. The van der Waals surface area contributed by atoms with Gasteiger partial charge >= 0.3 is 0 Å². The van der Waals surface area contributed by atoms with E-state index in [2.05, 4.69) is 21.8 Å². The van der Waals surface area contributed by atoms with Gasteiger partial charge in [0.1, 0.15) is 5.69 Å². The van der Waals surface area contributed by atoms with Crippen molar-refractivity contribution in [1.82, 2.24) is 15.1 Å². The Hall–Kier alpha value is -2.14. The number of aromatic nitrogens is 2. The highest BCUT2D eigenvalue weighted by molar-refractivity contribution is 6.03. The number of nitrogens with one attached hydrogen (secondary N) is 2. The third kappa shape index (κ3) is 2.44. The zero-order chi connectivity index (χ0) is 14.1. The molecule has 2 N–H and O–H groups in total. The molecule has 0 atom stereocenters. The number of aryl methyl sites for hydroxylation is 2. The molecule has 104 valence electrons. The van der Waals surface area contributed by atoms with Crippen molar-refractivity contribution in [3.63, 3.8) is 0 Å². The van der Waals surface area contributed by atoms with Crippen LogP contribution in [-0.4, -0.2) is 22.2 Å². The van der Waals surface area contributed by atoms with Crippen LogP contribution in [0.15, 0.2) is 24.3 Å². The number of amides is 1. The van der Waals surface area contributed by atoms with E-state index in [9.17, 15) is 4.79 Å². The zero-order valence-electron chi connectivity index (χ0n) is 11.7. The molecule has 2 aromatic rings.